The Morgan fingerprint density at radius 2 is 1.89 bits per heavy atom. The van der Waals surface area contributed by atoms with Gasteiger partial charge in [0.25, 0.3) is 0 Å². The summed E-state index contributed by atoms with van der Waals surface area (Å²) in [6.07, 6.45) is 0.630. The summed E-state index contributed by atoms with van der Waals surface area (Å²) in [6.45, 7) is 0. The van der Waals surface area contributed by atoms with E-state index < -0.39 is 0 Å². The molecular weight excluding hydrogens is 226 g/mol. The fraction of sp³-hybridized carbons (Fsp3) is 0. The fourth-order valence-electron chi connectivity index (χ4n) is 1.99. The number of hydrogen-bond donors (Lipinski definition) is 2. The molecule has 0 unspecified atom stereocenters. The number of nitrogens with zero attached hydrogens (tertiary/aromatic N) is 1. The molecule has 4 nitrogen and oxygen atoms in total. The van der Waals surface area contributed by atoms with Gasteiger partial charge in [0.15, 0.2) is 5.82 Å². The van der Waals surface area contributed by atoms with E-state index in [1.54, 1.807) is 0 Å². The number of aromatic amines is 1. The molecule has 1 heterocycles. The standard InChI is InChI=1S/C14H11N3O/c18-9-15-14-12-8-11(6-7-13(12)16-17-14)10-4-2-1-3-5-10/h1-9H,(H2,15,16,17,18). The third-order valence-corrected chi connectivity index (χ3v) is 2.87. The van der Waals surface area contributed by atoms with Gasteiger partial charge in [-0.15, -0.1) is 0 Å². The van der Waals surface area contributed by atoms with Crippen molar-refractivity contribution in [3.8, 4) is 11.1 Å². The molecule has 0 saturated carbocycles. The number of carbonyl (C=O) groups excluding carboxylic acids is 1. The van der Waals surface area contributed by atoms with Gasteiger partial charge in [-0.3, -0.25) is 9.89 Å². The molecule has 0 radical (unpaired) electrons. The summed E-state index contributed by atoms with van der Waals surface area (Å²) in [7, 11) is 0. The second-order valence-electron chi connectivity index (χ2n) is 3.96. The molecule has 2 N–H and O–H groups in total. The molecule has 1 amide bonds. The average Bonchev–Trinajstić information content (AvgIpc) is 2.83. The van der Waals surface area contributed by atoms with Crippen LogP contribution in [-0.4, -0.2) is 16.6 Å². The molecule has 0 atom stereocenters. The number of H-pyrrole nitrogens is 1. The van der Waals surface area contributed by atoms with Crippen LogP contribution in [0.15, 0.2) is 48.5 Å². The molecular formula is C14H11N3O. The maximum absolute atomic E-state index is 10.5. The Balaban J connectivity index is 2.15. The molecule has 0 aliphatic heterocycles. The Kier molecular flexibility index (Phi) is 2.53. The topological polar surface area (TPSA) is 57.8 Å². The molecule has 4 heteroatoms. The predicted octanol–water partition coefficient (Wildman–Crippen LogP) is 2.80. The van der Waals surface area contributed by atoms with Gasteiger partial charge in [-0.25, -0.2) is 0 Å². The molecule has 0 spiro atoms. The monoisotopic (exact) mass is 237 g/mol. The summed E-state index contributed by atoms with van der Waals surface area (Å²) < 4.78 is 0. The quantitative estimate of drug-likeness (QED) is 0.688. The summed E-state index contributed by atoms with van der Waals surface area (Å²) in [6, 6.07) is 16.1. The van der Waals surface area contributed by atoms with Crippen molar-refractivity contribution in [1.82, 2.24) is 10.2 Å². The summed E-state index contributed by atoms with van der Waals surface area (Å²) >= 11 is 0. The number of amides is 1. The fourth-order valence-corrected chi connectivity index (χ4v) is 1.99. The maximum Gasteiger partial charge on any atom is 0.212 e. The molecule has 0 bridgehead atoms. The normalized spacial score (nSPS) is 10.4. The molecule has 0 aliphatic carbocycles. The number of nitrogens with one attached hydrogen (secondary N) is 2. The van der Waals surface area contributed by atoms with Crippen LogP contribution in [0.4, 0.5) is 5.82 Å². The van der Waals surface area contributed by atoms with Gasteiger partial charge < -0.3 is 5.32 Å². The van der Waals surface area contributed by atoms with Crippen molar-refractivity contribution >= 4 is 23.1 Å². The lowest BCUT2D eigenvalue weighted by Crippen LogP contribution is -1.93. The van der Waals surface area contributed by atoms with Gasteiger partial charge in [0.2, 0.25) is 6.41 Å². The first-order chi connectivity index (χ1) is 8.88. The van der Waals surface area contributed by atoms with Crippen molar-refractivity contribution < 1.29 is 4.79 Å². The lowest BCUT2D eigenvalue weighted by atomic mass is 10.0. The number of anilines is 1. The van der Waals surface area contributed by atoms with Crippen LogP contribution in [0.2, 0.25) is 0 Å². The highest BCUT2D eigenvalue weighted by Gasteiger charge is 2.06. The number of aromatic nitrogens is 2. The summed E-state index contributed by atoms with van der Waals surface area (Å²) in [5.41, 5.74) is 3.13. The van der Waals surface area contributed by atoms with Crippen LogP contribution in [0.25, 0.3) is 22.0 Å². The van der Waals surface area contributed by atoms with Crippen LogP contribution in [0.3, 0.4) is 0 Å². The number of hydrogen-bond acceptors (Lipinski definition) is 2. The summed E-state index contributed by atoms with van der Waals surface area (Å²) in [4.78, 5) is 10.5. The minimum Gasteiger partial charge on any atom is -0.311 e. The van der Waals surface area contributed by atoms with Crippen LogP contribution >= 0.6 is 0 Å². The molecule has 0 saturated heterocycles. The molecule has 18 heavy (non-hydrogen) atoms. The van der Waals surface area contributed by atoms with Gasteiger partial charge in [-0.2, -0.15) is 5.10 Å². The van der Waals surface area contributed by atoms with E-state index in [-0.39, 0.29) is 0 Å². The van der Waals surface area contributed by atoms with Gasteiger partial charge in [-0.1, -0.05) is 36.4 Å². The van der Waals surface area contributed by atoms with Gasteiger partial charge in [-0.05, 0) is 23.3 Å². The van der Waals surface area contributed by atoms with Crippen molar-refractivity contribution in [3.63, 3.8) is 0 Å². The number of benzene rings is 2. The van der Waals surface area contributed by atoms with Crippen molar-refractivity contribution in [2.24, 2.45) is 0 Å². The summed E-state index contributed by atoms with van der Waals surface area (Å²) in [5, 5.41) is 10.4. The van der Waals surface area contributed by atoms with Crippen molar-refractivity contribution in [1.29, 1.82) is 0 Å². The zero-order chi connectivity index (χ0) is 12.4. The van der Waals surface area contributed by atoms with Gasteiger partial charge in [0.1, 0.15) is 0 Å². The summed E-state index contributed by atoms with van der Waals surface area (Å²) in [5.74, 6) is 0.554. The Bertz CT molecular complexity index is 689. The Morgan fingerprint density at radius 1 is 1.06 bits per heavy atom. The molecule has 3 rings (SSSR count). The zero-order valence-electron chi connectivity index (χ0n) is 9.55. The maximum atomic E-state index is 10.5. The predicted molar refractivity (Wildman–Crippen MR) is 71.2 cm³/mol. The second-order valence-corrected chi connectivity index (χ2v) is 3.96. The lowest BCUT2D eigenvalue weighted by molar-refractivity contribution is -0.105. The van der Waals surface area contributed by atoms with E-state index in [2.05, 4.69) is 15.5 Å². The highest BCUT2D eigenvalue weighted by atomic mass is 16.1. The first kappa shape index (κ1) is 10.5. The molecule has 88 valence electrons. The minimum atomic E-state index is 0.554. The lowest BCUT2D eigenvalue weighted by Gasteiger charge is -2.01. The van der Waals surface area contributed by atoms with Crippen molar-refractivity contribution in [3.05, 3.63) is 48.5 Å². The number of rotatable bonds is 3. The van der Waals surface area contributed by atoms with E-state index >= 15 is 0 Å². The van der Waals surface area contributed by atoms with Crippen LogP contribution in [0.1, 0.15) is 0 Å². The molecule has 2 aromatic carbocycles. The Labute approximate surface area is 104 Å². The smallest absolute Gasteiger partial charge is 0.212 e. The molecule has 1 aromatic heterocycles. The van der Waals surface area contributed by atoms with Crippen LogP contribution < -0.4 is 5.32 Å². The van der Waals surface area contributed by atoms with Crippen molar-refractivity contribution in [2.75, 3.05) is 5.32 Å². The average molecular weight is 237 g/mol. The zero-order valence-corrected chi connectivity index (χ0v) is 9.55. The SMILES string of the molecule is O=CNc1n[nH]c2ccc(-c3ccccc3)cc12. The molecule has 3 aromatic rings. The van der Waals surface area contributed by atoms with E-state index in [0.717, 1.165) is 22.0 Å². The first-order valence-electron chi connectivity index (χ1n) is 5.62. The molecule has 0 fully saturated rings. The van der Waals surface area contributed by atoms with E-state index in [9.17, 15) is 4.79 Å². The second kappa shape index (κ2) is 4.33. The van der Waals surface area contributed by atoms with E-state index in [1.165, 1.54) is 0 Å². The van der Waals surface area contributed by atoms with Gasteiger partial charge in [0, 0.05) is 5.39 Å². The van der Waals surface area contributed by atoms with Crippen LogP contribution in [0, 0.1) is 0 Å². The molecule has 0 aliphatic rings. The highest BCUT2D eigenvalue weighted by molar-refractivity contribution is 5.96. The van der Waals surface area contributed by atoms with Crippen molar-refractivity contribution in [2.45, 2.75) is 0 Å². The number of carbonyl (C=O) groups is 1. The van der Waals surface area contributed by atoms with E-state index in [4.69, 9.17) is 0 Å². The highest BCUT2D eigenvalue weighted by Crippen LogP contribution is 2.27. The first-order valence-corrected chi connectivity index (χ1v) is 5.62. The van der Waals surface area contributed by atoms with E-state index in [1.807, 2.05) is 48.5 Å². The Morgan fingerprint density at radius 3 is 2.67 bits per heavy atom. The third-order valence-electron chi connectivity index (χ3n) is 2.87. The minimum absolute atomic E-state index is 0.554. The van der Waals surface area contributed by atoms with Gasteiger partial charge >= 0.3 is 0 Å². The number of fused-ring (bicyclic) bond motifs is 1. The van der Waals surface area contributed by atoms with E-state index in [0.29, 0.717) is 12.2 Å². The Hall–Kier alpha value is -2.62. The largest absolute Gasteiger partial charge is 0.311 e. The third kappa shape index (κ3) is 1.73. The van der Waals surface area contributed by atoms with Gasteiger partial charge in [0.05, 0.1) is 5.52 Å². The van der Waals surface area contributed by atoms with Crippen LogP contribution in [0.5, 0.6) is 0 Å². The van der Waals surface area contributed by atoms with Crippen LogP contribution in [-0.2, 0) is 4.79 Å².